The van der Waals surface area contributed by atoms with Gasteiger partial charge in [-0.05, 0) is 30.3 Å². The molecule has 3 aromatic rings. The van der Waals surface area contributed by atoms with Crippen LogP contribution in [0.5, 0.6) is 5.75 Å². The lowest BCUT2D eigenvalue weighted by Crippen LogP contribution is -1.90. The van der Waals surface area contributed by atoms with Crippen molar-refractivity contribution < 1.29 is 5.11 Å². The van der Waals surface area contributed by atoms with Crippen LogP contribution in [0.3, 0.4) is 0 Å². The van der Waals surface area contributed by atoms with Crippen molar-refractivity contribution in [2.75, 3.05) is 0 Å². The lowest BCUT2D eigenvalue weighted by molar-refractivity contribution is 0.480. The first-order valence-corrected chi connectivity index (χ1v) is 5.68. The van der Waals surface area contributed by atoms with Crippen molar-refractivity contribution in [1.29, 1.82) is 0 Å². The zero-order valence-electron chi connectivity index (χ0n) is 8.97. The van der Waals surface area contributed by atoms with Crippen molar-refractivity contribution in [3.63, 3.8) is 0 Å². The maximum Gasteiger partial charge on any atom is 0.141 e. The molecule has 0 saturated carbocycles. The highest BCUT2D eigenvalue weighted by Crippen LogP contribution is 2.31. The number of para-hydroxylation sites is 1. The maximum absolute atomic E-state index is 9.88. The molecule has 0 amide bonds. The van der Waals surface area contributed by atoms with Crippen LogP contribution in [-0.4, -0.2) is 9.67 Å². The monoisotopic (exact) mass is 243 g/mol. The van der Waals surface area contributed by atoms with Crippen molar-refractivity contribution in [2.24, 2.45) is 0 Å². The Hall–Kier alpha value is -1.93. The molecule has 0 fully saturated rings. The molecule has 1 aromatic heterocycles. The molecule has 3 rings (SSSR count). The lowest BCUT2D eigenvalue weighted by atomic mass is 10.2. The van der Waals surface area contributed by atoms with Crippen LogP contribution in [0, 0.1) is 0 Å². The molecular weight excluding hydrogens is 234 g/mol. The number of aromatic hydroxyl groups is 1. The average Bonchev–Trinajstić information content (AvgIpc) is 2.67. The summed E-state index contributed by atoms with van der Waals surface area (Å²) >= 11 is 5.99. The minimum atomic E-state index is 0.264. The van der Waals surface area contributed by atoms with E-state index in [0.717, 1.165) is 16.6 Å². The highest BCUT2D eigenvalue weighted by Gasteiger charge is 2.08. The number of fused-ring (bicyclic) bond motifs is 1. The van der Waals surface area contributed by atoms with Crippen LogP contribution in [0.15, 0.2) is 54.7 Å². The maximum atomic E-state index is 9.88. The summed E-state index contributed by atoms with van der Waals surface area (Å²) in [5.41, 5.74) is 1.90. The molecule has 3 heteroatoms. The molecule has 0 aliphatic rings. The van der Waals surface area contributed by atoms with E-state index in [-0.39, 0.29) is 5.75 Å². The van der Waals surface area contributed by atoms with Crippen LogP contribution in [0.25, 0.3) is 16.6 Å². The normalized spacial score (nSPS) is 10.9. The van der Waals surface area contributed by atoms with Crippen molar-refractivity contribution in [3.8, 4) is 11.4 Å². The van der Waals surface area contributed by atoms with Gasteiger partial charge in [0.2, 0.25) is 0 Å². The summed E-state index contributed by atoms with van der Waals surface area (Å²) in [6.07, 6.45) is 1.70. The Morgan fingerprint density at radius 2 is 1.76 bits per heavy atom. The van der Waals surface area contributed by atoms with Gasteiger partial charge in [-0.3, -0.25) is 0 Å². The van der Waals surface area contributed by atoms with Gasteiger partial charge in [0.25, 0.3) is 0 Å². The molecule has 0 atom stereocenters. The molecule has 1 heterocycles. The number of hydrogen-bond donors (Lipinski definition) is 1. The number of nitrogens with zero attached hydrogens (tertiary/aromatic N) is 1. The van der Waals surface area contributed by atoms with Gasteiger partial charge in [0.15, 0.2) is 0 Å². The fourth-order valence-corrected chi connectivity index (χ4v) is 2.15. The molecule has 0 spiro atoms. The van der Waals surface area contributed by atoms with Gasteiger partial charge in [-0.2, -0.15) is 0 Å². The number of hydrogen-bond acceptors (Lipinski definition) is 1. The first-order valence-electron chi connectivity index (χ1n) is 5.31. The van der Waals surface area contributed by atoms with Crippen LogP contribution < -0.4 is 0 Å². The Labute approximate surface area is 104 Å². The highest BCUT2D eigenvalue weighted by molar-refractivity contribution is 6.31. The summed E-state index contributed by atoms with van der Waals surface area (Å²) in [5, 5.41) is 11.3. The topological polar surface area (TPSA) is 25.2 Å². The highest BCUT2D eigenvalue weighted by atomic mass is 35.5. The van der Waals surface area contributed by atoms with Gasteiger partial charge in [0.05, 0.1) is 11.7 Å². The zero-order valence-corrected chi connectivity index (χ0v) is 9.72. The van der Waals surface area contributed by atoms with E-state index >= 15 is 0 Å². The molecule has 0 aliphatic heterocycles. The van der Waals surface area contributed by atoms with Crippen molar-refractivity contribution in [2.45, 2.75) is 0 Å². The van der Waals surface area contributed by atoms with Crippen LogP contribution in [0.2, 0.25) is 5.02 Å². The molecule has 17 heavy (non-hydrogen) atoms. The van der Waals surface area contributed by atoms with Crippen molar-refractivity contribution in [3.05, 3.63) is 59.8 Å². The fourth-order valence-electron chi connectivity index (χ4n) is 1.98. The van der Waals surface area contributed by atoms with Gasteiger partial charge in [-0.1, -0.05) is 29.8 Å². The molecule has 0 saturated heterocycles. The molecule has 1 N–H and O–H groups in total. The first-order chi connectivity index (χ1) is 8.25. The zero-order chi connectivity index (χ0) is 11.8. The Kier molecular flexibility index (Phi) is 2.30. The molecule has 2 aromatic carbocycles. The fraction of sp³-hybridized carbons (Fsp3) is 0. The Balaban J connectivity index is 2.34. The summed E-state index contributed by atoms with van der Waals surface area (Å²) in [6.45, 7) is 0. The van der Waals surface area contributed by atoms with E-state index in [1.165, 1.54) is 0 Å². The third kappa shape index (κ3) is 1.67. The molecule has 0 aliphatic carbocycles. The van der Waals surface area contributed by atoms with E-state index < -0.39 is 0 Å². The number of benzene rings is 2. The lowest BCUT2D eigenvalue weighted by Gasteiger charge is -2.04. The van der Waals surface area contributed by atoms with Crippen LogP contribution in [0.1, 0.15) is 0 Å². The van der Waals surface area contributed by atoms with Gasteiger partial charge in [-0.15, -0.1) is 0 Å². The summed E-state index contributed by atoms with van der Waals surface area (Å²) in [7, 11) is 0. The second-order valence-corrected chi connectivity index (χ2v) is 4.32. The molecule has 0 radical (unpaired) electrons. The van der Waals surface area contributed by atoms with Gasteiger partial charge < -0.3 is 9.67 Å². The number of rotatable bonds is 1. The summed E-state index contributed by atoms with van der Waals surface area (Å²) in [5.74, 6) is 0.264. The predicted octanol–water partition coefficient (Wildman–Crippen LogP) is 3.99. The van der Waals surface area contributed by atoms with E-state index in [1.54, 1.807) is 12.3 Å². The van der Waals surface area contributed by atoms with Crippen LogP contribution in [0.4, 0.5) is 0 Å². The quantitative estimate of drug-likeness (QED) is 0.687. The van der Waals surface area contributed by atoms with Crippen LogP contribution in [-0.2, 0) is 0 Å². The standard InChI is InChI=1S/C14H10ClNO/c15-10-6-7-12-13(8-10)16(9-14(12)17)11-4-2-1-3-5-11/h1-9,17H. The third-order valence-electron chi connectivity index (χ3n) is 2.78. The van der Waals surface area contributed by atoms with E-state index in [1.807, 2.05) is 47.0 Å². The molecule has 0 bridgehead atoms. The Morgan fingerprint density at radius 3 is 2.53 bits per heavy atom. The average molecular weight is 244 g/mol. The Morgan fingerprint density at radius 1 is 1.00 bits per heavy atom. The Bertz CT molecular complexity index is 673. The molecular formula is C14H10ClNO. The third-order valence-corrected chi connectivity index (χ3v) is 3.02. The summed E-state index contributed by atoms with van der Waals surface area (Å²) < 4.78 is 1.93. The minimum absolute atomic E-state index is 0.264. The second-order valence-electron chi connectivity index (χ2n) is 3.88. The van der Waals surface area contributed by atoms with E-state index in [4.69, 9.17) is 11.6 Å². The van der Waals surface area contributed by atoms with Gasteiger partial charge in [-0.25, -0.2) is 0 Å². The van der Waals surface area contributed by atoms with Crippen molar-refractivity contribution >= 4 is 22.5 Å². The second kappa shape index (κ2) is 3.82. The van der Waals surface area contributed by atoms with Crippen LogP contribution >= 0.6 is 11.6 Å². The van der Waals surface area contributed by atoms with Gasteiger partial charge >= 0.3 is 0 Å². The smallest absolute Gasteiger partial charge is 0.141 e. The summed E-state index contributed by atoms with van der Waals surface area (Å²) in [4.78, 5) is 0. The van der Waals surface area contributed by atoms with Crippen molar-refractivity contribution in [1.82, 2.24) is 4.57 Å². The first kappa shape index (κ1) is 10.2. The minimum Gasteiger partial charge on any atom is -0.506 e. The van der Waals surface area contributed by atoms with E-state index in [2.05, 4.69) is 0 Å². The molecule has 0 unspecified atom stereocenters. The number of aromatic nitrogens is 1. The predicted molar refractivity (Wildman–Crippen MR) is 69.9 cm³/mol. The summed E-state index contributed by atoms with van der Waals surface area (Å²) in [6, 6.07) is 15.3. The van der Waals surface area contributed by atoms with Gasteiger partial charge in [0.1, 0.15) is 5.75 Å². The SMILES string of the molecule is Oc1cn(-c2ccccc2)c2cc(Cl)ccc12. The molecule has 2 nitrogen and oxygen atoms in total. The number of halogens is 1. The largest absolute Gasteiger partial charge is 0.506 e. The molecule has 84 valence electrons. The van der Waals surface area contributed by atoms with Gasteiger partial charge in [0, 0.05) is 16.1 Å². The van der Waals surface area contributed by atoms with E-state index in [0.29, 0.717) is 5.02 Å². The van der Waals surface area contributed by atoms with E-state index in [9.17, 15) is 5.11 Å².